The molecule has 4 nitrogen and oxygen atoms in total. The van der Waals surface area contributed by atoms with Crippen LogP contribution in [-0.2, 0) is 11.2 Å². The van der Waals surface area contributed by atoms with Gasteiger partial charge in [0.25, 0.3) is 5.91 Å². The fourth-order valence-electron chi connectivity index (χ4n) is 5.21. The van der Waals surface area contributed by atoms with E-state index in [1.165, 1.54) is 45.0 Å². The molecule has 1 fully saturated rings. The zero-order valence-corrected chi connectivity index (χ0v) is 18.5. The van der Waals surface area contributed by atoms with Gasteiger partial charge in [-0.2, -0.15) is 0 Å². The Hall–Kier alpha value is -2.24. The predicted octanol–water partition coefficient (Wildman–Crippen LogP) is 3.59. The standard InChI is InChI=1S/C25H29N3OS/c1-27(22-13-6-9-18-8-2-3-11-20(18)22)17-24(29)28-15-7-10-19(16-28)25-26-21-12-4-5-14-23(21)30-25/h2-5,8,11-12,14,19,22H,6-7,9-10,13,15-17H2,1H3/p+1/t19-,22-/m1/s1. The average molecular weight is 421 g/mol. The third-order valence-electron chi connectivity index (χ3n) is 6.83. The number of hydrogen-bond acceptors (Lipinski definition) is 3. The number of quaternary nitrogens is 1. The molecular weight excluding hydrogens is 390 g/mol. The summed E-state index contributed by atoms with van der Waals surface area (Å²) in [5.74, 6) is 0.664. The molecule has 0 spiro atoms. The lowest BCUT2D eigenvalue weighted by molar-refractivity contribution is -0.905. The van der Waals surface area contributed by atoms with Crippen LogP contribution in [0.2, 0.25) is 0 Å². The Morgan fingerprint density at radius 1 is 1.13 bits per heavy atom. The molecule has 1 aromatic heterocycles. The van der Waals surface area contributed by atoms with Gasteiger partial charge in [-0.15, -0.1) is 11.3 Å². The molecule has 3 atom stereocenters. The molecule has 1 aliphatic carbocycles. The number of nitrogens with zero attached hydrogens (tertiary/aromatic N) is 2. The first-order valence-corrected chi connectivity index (χ1v) is 12.0. The van der Waals surface area contributed by atoms with Gasteiger partial charge >= 0.3 is 0 Å². The molecule has 1 amide bonds. The van der Waals surface area contributed by atoms with Gasteiger partial charge in [-0.25, -0.2) is 4.98 Å². The van der Waals surface area contributed by atoms with Crippen LogP contribution < -0.4 is 4.90 Å². The van der Waals surface area contributed by atoms with E-state index in [9.17, 15) is 4.79 Å². The Bertz CT molecular complexity index is 1010. The van der Waals surface area contributed by atoms with Crippen LogP contribution in [0, 0.1) is 0 Å². The summed E-state index contributed by atoms with van der Waals surface area (Å²) in [5, 5.41) is 1.19. The summed E-state index contributed by atoms with van der Waals surface area (Å²) in [5.41, 5.74) is 4.00. The van der Waals surface area contributed by atoms with E-state index >= 15 is 0 Å². The van der Waals surface area contributed by atoms with E-state index in [4.69, 9.17) is 4.98 Å². The maximum Gasteiger partial charge on any atom is 0.277 e. The molecule has 5 rings (SSSR count). The summed E-state index contributed by atoms with van der Waals surface area (Å²) in [6.45, 7) is 2.27. The van der Waals surface area contributed by atoms with E-state index < -0.39 is 0 Å². The largest absolute Gasteiger partial charge is 0.337 e. The van der Waals surface area contributed by atoms with Crippen LogP contribution >= 0.6 is 11.3 Å². The number of thiazole rings is 1. The van der Waals surface area contributed by atoms with Crippen molar-refractivity contribution in [1.82, 2.24) is 9.88 Å². The summed E-state index contributed by atoms with van der Waals surface area (Å²) in [6, 6.07) is 17.6. The fourth-order valence-corrected chi connectivity index (χ4v) is 6.30. The van der Waals surface area contributed by atoms with Crippen LogP contribution in [0.25, 0.3) is 10.2 Å². The van der Waals surface area contributed by atoms with Gasteiger partial charge in [-0.1, -0.05) is 36.4 Å². The monoisotopic (exact) mass is 420 g/mol. The van der Waals surface area contributed by atoms with Gasteiger partial charge in [-0.3, -0.25) is 4.79 Å². The summed E-state index contributed by atoms with van der Waals surface area (Å²) in [6.07, 6.45) is 5.75. The molecule has 5 heteroatoms. The minimum absolute atomic E-state index is 0.293. The SMILES string of the molecule is C[NH+](CC(=O)N1CCC[C@@H](c2nc3ccccc3s2)C1)[C@@H]1CCCc2ccccc21. The van der Waals surface area contributed by atoms with Gasteiger partial charge in [0.1, 0.15) is 6.04 Å². The Balaban J connectivity index is 1.26. The van der Waals surface area contributed by atoms with Crippen molar-refractivity contribution in [3.63, 3.8) is 0 Å². The first-order chi connectivity index (χ1) is 14.7. The number of para-hydroxylation sites is 1. The lowest BCUT2D eigenvalue weighted by atomic mass is 9.87. The minimum atomic E-state index is 0.293. The number of rotatable bonds is 4. The Kier molecular flexibility index (Phi) is 5.57. The van der Waals surface area contributed by atoms with Crippen molar-refractivity contribution in [2.75, 3.05) is 26.7 Å². The van der Waals surface area contributed by atoms with Crippen LogP contribution in [-0.4, -0.2) is 42.5 Å². The number of benzene rings is 2. The molecule has 0 bridgehead atoms. The highest BCUT2D eigenvalue weighted by Crippen LogP contribution is 2.33. The van der Waals surface area contributed by atoms with Crippen LogP contribution in [0.1, 0.15) is 53.8 Å². The van der Waals surface area contributed by atoms with Crippen molar-refractivity contribution >= 4 is 27.5 Å². The Morgan fingerprint density at radius 3 is 2.87 bits per heavy atom. The first-order valence-electron chi connectivity index (χ1n) is 11.2. The van der Waals surface area contributed by atoms with Crippen molar-refractivity contribution in [3.05, 3.63) is 64.7 Å². The van der Waals surface area contributed by atoms with Gasteiger partial charge in [0, 0.05) is 31.0 Å². The summed E-state index contributed by atoms with van der Waals surface area (Å²) in [4.78, 5) is 21.5. The smallest absolute Gasteiger partial charge is 0.277 e. The number of amides is 1. The molecule has 0 radical (unpaired) electrons. The molecule has 156 valence electrons. The normalized spacial score (nSPS) is 22.6. The molecule has 1 aliphatic heterocycles. The molecule has 2 aliphatic rings. The van der Waals surface area contributed by atoms with E-state index in [2.05, 4.69) is 54.4 Å². The number of likely N-dealkylation sites (tertiary alicyclic amines) is 1. The van der Waals surface area contributed by atoms with Crippen molar-refractivity contribution in [2.24, 2.45) is 0 Å². The average Bonchev–Trinajstić information content (AvgIpc) is 3.23. The number of aryl methyl sites for hydroxylation is 1. The summed E-state index contributed by atoms with van der Waals surface area (Å²) >= 11 is 1.79. The molecule has 2 aromatic carbocycles. The molecule has 1 N–H and O–H groups in total. The number of nitrogens with one attached hydrogen (secondary N) is 1. The van der Waals surface area contributed by atoms with Gasteiger partial charge in [0.2, 0.25) is 0 Å². The first kappa shape index (κ1) is 19.7. The molecular formula is C25H30N3OS+. The Morgan fingerprint density at radius 2 is 1.97 bits per heavy atom. The number of aromatic nitrogens is 1. The topological polar surface area (TPSA) is 37.6 Å². The summed E-state index contributed by atoms with van der Waals surface area (Å²) < 4.78 is 1.25. The van der Waals surface area contributed by atoms with Crippen molar-refractivity contribution < 1.29 is 9.69 Å². The highest BCUT2D eigenvalue weighted by atomic mass is 32.1. The maximum absolute atomic E-state index is 13.2. The van der Waals surface area contributed by atoms with E-state index in [0.717, 1.165) is 31.4 Å². The van der Waals surface area contributed by atoms with E-state index in [1.807, 2.05) is 6.07 Å². The van der Waals surface area contributed by atoms with Gasteiger partial charge in [0.05, 0.1) is 22.3 Å². The predicted molar refractivity (Wildman–Crippen MR) is 122 cm³/mol. The second-order valence-corrected chi connectivity index (χ2v) is 9.93. The van der Waals surface area contributed by atoms with E-state index in [0.29, 0.717) is 24.4 Å². The number of fused-ring (bicyclic) bond motifs is 2. The minimum Gasteiger partial charge on any atom is -0.337 e. The lowest BCUT2D eigenvalue weighted by Crippen LogP contribution is -3.10. The molecule has 1 unspecified atom stereocenters. The number of likely N-dealkylation sites (N-methyl/N-ethyl adjacent to an activating group) is 1. The Labute approximate surface area is 182 Å². The number of piperidine rings is 1. The number of carbonyl (C=O) groups is 1. The van der Waals surface area contributed by atoms with Crippen LogP contribution in [0.15, 0.2) is 48.5 Å². The van der Waals surface area contributed by atoms with Crippen LogP contribution in [0.4, 0.5) is 0 Å². The zero-order chi connectivity index (χ0) is 20.5. The van der Waals surface area contributed by atoms with Gasteiger partial charge in [-0.05, 0) is 43.4 Å². The lowest BCUT2D eigenvalue weighted by Gasteiger charge is -2.34. The highest BCUT2D eigenvalue weighted by molar-refractivity contribution is 7.18. The van der Waals surface area contributed by atoms with E-state index in [1.54, 1.807) is 11.3 Å². The molecule has 0 saturated carbocycles. The second kappa shape index (κ2) is 8.48. The van der Waals surface area contributed by atoms with Gasteiger partial charge < -0.3 is 9.80 Å². The molecule has 2 heterocycles. The van der Waals surface area contributed by atoms with E-state index in [-0.39, 0.29) is 0 Å². The number of carbonyl (C=O) groups excluding carboxylic acids is 1. The quantitative estimate of drug-likeness (QED) is 0.700. The highest BCUT2D eigenvalue weighted by Gasteiger charge is 2.32. The van der Waals surface area contributed by atoms with Crippen LogP contribution in [0.5, 0.6) is 0 Å². The van der Waals surface area contributed by atoms with Gasteiger partial charge in [0.15, 0.2) is 6.54 Å². The van der Waals surface area contributed by atoms with Crippen molar-refractivity contribution in [3.8, 4) is 0 Å². The van der Waals surface area contributed by atoms with Crippen molar-refractivity contribution in [1.29, 1.82) is 0 Å². The van der Waals surface area contributed by atoms with Crippen molar-refractivity contribution in [2.45, 2.75) is 44.1 Å². The maximum atomic E-state index is 13.2. The fraction of sp³-hybridized carbons (Fsp3) is 0.440. The molecule has 3 aromatic rings. The summed E-state index contributed by atoms with van der Waals surface area (Å²) in [7, 11) is 2.19. The molecule has 1 saturated heterocycles. The van der Waals surface area contributed by atoms with Crippen LogP contribution in [0.3, 0.4) is 0 Å². The third kappa shape index (κ3) is 3.88. The zero-order valence-electron chi connectivity index (χ0n) is 17.6. The second-order valence-electron chi connectivity index (χ2n) is 8.87. The molecule has 30 heavy (non-hydrogen) atoms. The third-order valence-corrected chi connectivity index (χ3v) is 8.03. The number of hydrogen-bond donors (Lipinski definition) is 1.